The van der Waals surface area contributed by atoms with Crippen molar-refractivity contribution < 1.29 is 9.47 Å². The SMILES string of the molecule is CC/C=C/C=C\CC/C=C\CCCCCC(OC)OC. The molecule has 0 aliphatic carbocycles. The molecule has 0 bridgehead atoms. The highest BCUT2D eigenvalue weighted by molar-refractivity contribution is 5.02. The quantitative estimate of drug-likeness (QED) is 0.194. The van der Waals surface area contributed by atoms with Gasteiger partial charge in [-0.1, -0.05) is 49.8 Å². The zero-order chi connectivity index (χ0) is 14.9. The number of ether oxygens (including phenoxy) is 2. The van der Waals surface area contributed by atoms with Crippen LogP contribution in [0.25, 0.3) is 0 Å². The van der Waals surface area contributed by atoms with Crippen molar-refractivity contribution in [1.29, 1.82) is 0 Å². The van der Waals surface area contributed by atoms with Crippen molar-refractivity contribution in [2.45, 2.75) is 64.6 Å². The summed E-state index contributed by atoms with van der Waals surface area (Å²) in [7, 11) is 3.40. The van der Waals surface area contributed by atoms with Gasteiger partial charge in [0.2, 0.25) is 0 Å². The molecule has 0 unspecified atom stereocenters. The summed E-state index contributed by atoms with van der Waals surface area (Å²) in [5, 5.41) is 0. The van der Waals surface area contributed by atoms with Crippen molar-refractivity contribution in [1.82, 2.24) is 0 Å². The van der Waals surface area contributed by atoms with Crippen molar-refractivity contribution in [3.63, 3.8) is 0 Å². The lowest BCUT2D eigenvalue weighted by molar-refractivity contribution is -0.107. The lowest BCUT2D eigenvalue weighted by Crippen LogP contribution is -2.12. The van der Waals surface area contributed by atoms with Gasteiger partial charge in [-0.05, 0) is 44.9 Å². The van der Waals surface area contributed by atoms with Crippen molar-refractivity contribution in [3.8, 4) is 0 Å². The topological polar surface area (TPSA) is 18.5 Å². The van der Waals surface area contributed by atoms with E-state index in [0.29, 0.717) is 0 Å². The van der Waals surface area contributed by atoms with Crippen LogP contribution in [0.4, 0.5) is 0 Å². The van der Waals surface area contributed by atoms with E-state index >= 15 is 0 Å². The fourth-order valence-corrected chi connectivity index (χ4v) is 1.90. The minimum atomic E-state index is -0.0286. The molecule has 0 spiro atoms. The molecule has 0 saturated carbocycles. The summed E-state index contributed by atoms with van der Waals surface area (Å²) in [5.41, 5.74) is 0. The molecule has 0 aliphatic rings. The molecule has 0 aromatic rings. The van der Waals surface area contributed by atoms with Crippen LogP contribution in [-0.2, 0) is 9.47 Å². The predicted molar refractivity (Wildman–Crippen MR) is 87.8 cm³/mol. The van der Waals surface area contributed by atoms with Gasteiger partial charge in [0, 0.05) is 14.2 Å². The standard InChI is InChI=1S/C18H32O2/c1-4-5-6-7-8-9-10-11-12-13-14-15-16-17-18(19-2)20-3/h5-8,11-12,18H,4,9-10,13-17H2,1-3H3/b6-5+,8-7-,12-11-. The predicted octanol–water partition coefficient (Wildman–Crippen LogP) is 5.41. The van der Waals surface area contributed by atoms with E-state index in [9.17, 15) is 0 Å². The number of hydrogen-bond donors (Lipinski definition) is 0. The molecule has 2 nitrogen and oxygen atoms in total. The first-order chi connectivity index (χ1) is 9.85. The Labute approximate surface area is 125 Å². The molecule has 0 amide bonds. The molecule has 0 atom stereocenters. The molecule has 0 rings (SSSR count). The summed E-state index contributed by atoms with van der Waals surface area (Å²) in [5.74, 6) is 0. The van der Waals surface area contributed by atoms with E-state index in [-0.39, 0.29) is 6.29 Å². The van der Waals surface area contributed by atoms with E-state index in [1.165, 1.54) is 25.7 Å². The molecule has 0 aromatic heterocycles. The Balaban J connectivity index is 3.32. The van der Waals surface area contributed by atoms with Crippen molar-refractivity contribution in [3.05, 3.63) is 36.5 Å². The Bertz CT molecular complexity index is 263. The van der Waals surface area contributed by atoms with Crippen molar-refractivity contribution in [2.24, 2.45) is 0 Å². The summed E-state index contributed by atoms with van der Waals surface area (Å²) in [4.78, 5) is 0. The monoisotopic (exact) mass is 280 g/mol. The summed E-state index contributed by atoms with van der Waals surface area (Å²) in [6.07, 6.45) is 22.5. The maximum Gasteiger partial charge on any atom is 0.156 e. The molecule has 20 heavy (non-hydrogen) atoms. The highest BCUT2D eigenvalue weighted by Crippen LogP contribution is 2.09. The second-order valence-electron chi connectivity index (χ2n) is 4.85. The molecular weight excluding hydrogens is 248 g/mol. The minimum absolute atomic E-state index is 0.0286. The smallest absolute Gasteiger partial charge is 0.156 e. The van der Waals surface area contributed by atoms with E-state index in [2.05, 4.69) is 43.4 Å². The van der Waals surface area contributed by atoms with Gasteiger partial charge in [0.25, 0.3) is 0 Å². The molecule has 0 radical (unpaired) electrons. The van der Waals surface area contributed by atoms with Crippen LogP contribution in [0, 0.1) is 0 Å². The van der Waals surface area contributed by atoms with E-state index in [4.69, 9.17) is 9.47 Å². The zero-order valence-corrected chi connectivity index (χ0v) is 13.5. The van der Waals surface area contributed by atoms with Gasteiger partial charge in [-0.3, -0.25) is 0 Å². The third kappa shape index (κ3) is 13.6. The third-order valence-electron chi connectivity index (χ3n) is 3.12. The van der Waals surface area contributed by atoms with E-state index in [0.717, 1.165) is 25.7 Å². The van der Waals surface area contributed by atoms with Gasteiger partial charge in [-0.25, -0.2) is 0 Å². The molecule has 0 aliphatic heterocycles. The highest BCUT2D eigenvalue weighted by atomic mass is 16.7. The van der Waals surface area contributed by atoms with Gasteiger partial charge < -0.3 is 9.47 Å². The highest BCUT2D eigenvalue weighted by Gasteiger charge is 2.02. The number of hydrogen-bond acceptors (Lipinski definition) is 2. The molecule has 0 saturated heterocycles. The van der Waals surface area contributed by atoms with Crippen LogP contribution in [0.2, 0.25) is 0 Å². The lowest BCUT2D eigenvalue weighted by atomic mass is 10.1. The maximum atomic E-state index is 5.16. The van der Waals surface area contributed by atoms with Crippen LogP contribution < -0.4 is 0 Å². The van der Waals surface area contributed by atoms with Gasteiger partial charge in [0.15, 0.2) is 6.29 Å². The first-order valence-electron chi connectivity index (χ1n) is 7.87. The third-order valence-corrected chi connectivity index (χ3v) is 3.12. The summed E-state index contributed by atoms with van der Waals surface area (Å²) in [6, 6.07) is 0. The summed E-state index contributed by atoms with van der Waals surface area (Å²) < 4.78 is 10.3. The number of unbranched alkanes of at least 4 members (excludes halogenated alkanes) is 4. The van der Waals surface area contributed by atoms with Crippen LogP contribution in [0.5, 0.6) is 0 Å². The normalized spacial score (nSPS) is 12.6. The Morgan fingerprint density at radius 2 is 1.40 bits per heavy atom. The average molecular weight is 280 g/mol. The maximum absolute atomic E-state index is 5.16. The average Bonchev–Trinajstić information content (AvgIpc) is 2.48. The Kier molecular flexibility index (Phi) is 15.5. The second kappa shape index (κ2) is 16.2. The molecule has 2 heteroatoms. The van der Waals surface area contributed by atoms with Gasteiger partial charge in [-0.15, -0.1) is 0 Å². The van der Waals surface area contributed by atoms with Gasteiger partial charge in [0.05, 0.1) is 0 Å². The van der Waals surface area contributed by atoms with Crippen molar-refractivity contribution >= 4 is 0 Å². The molecule has 0 fully saturated rings. The fourth-order valence-electron chi connectivity index (χ4n) is 1.90. The van der Waals surface area contributed by atoms with Crippen LogP contribution in [0.3, 0.4) is 0 Å². The van der Waals surface area contributed by atoms with Crippen LogP contribution in [0.15, 0.2) is 36.5 Å². The molecular formula is C18H32O2. The fraction of sp³-hybridized carbons (Fsp3) is 0.667. The van der Waals surface area contributed by atoms with Crippen molar-refractivity contribution in [2.75, 3.05) is 14.2 Å². The molecule has 0 heterocycles. The van der Waals surface area contributed by atoms with Gasteiger partial charge in [-0.2, -0.15) is 0 Å². The van der Waals surface area contributed by atoms with E-state index < -0.39 is 0 Å². The van der Waals surface area contributed by atoms with E-state index in [1.54, 1.807) is 14.2 Å². The molecule has 0 N–H and O–H groups in total. The molecule has 116 valence electrons. The van der Waals surface area contributed by atoms with Gasteiger partial charge >= 0.3 is 0 Å². The second-order valence-corrected chi connectivity index (χ2v) is 4.85. The Morgan fingerprint density at radius 3 is 2.10 bits per heavy atom. The number of methoxy groups -OCH3 is 2. The number of rotatable bonds is 13. The first-order valence-corrected chi connectivity index (χ1v) is 7.87. The Hall–Kier alpha value is -0.860. The largest absolute Gasteiger partial charge is 0.356 e. The summed E-state index contributed by atoms with van der Waals surface area (Å²) in [6.45, 7) is 2.15. The molecule has 0 aromatic carbocycles. The van der Waals surface area contributed by atoms with E-state index in [1.807, 2.05) is 0 Å². The minimum Gasteiger partial charge on any atom is -0.356 e. The van der Waals surface area contributed by atoms with Crippen LogP contribution in [0.1, 0.15) is 58.3 Å². The van der Waals surface area contributed by atoms with Crippen LogP contribution >= 0.6 is 0 Å². The van der Waals surface area contributed by atoms with Gasteiger partial charge in [0.1, 0.15) is 0 Å². The lowest BCUT2D eigenvalue weighted by Gasteiger charge is -2.12. The first kappa shape index (κ1) is 19.1. The summed E-state index contributed by atoms with van der Waals surface area (Å²) >= 11 is 0. The Morgan fingerprint density at radius 1 is 0.750 bits per heavy atom. The number of allylic oxidation sites excluding steroid dienone is 6. The van der Waals surface area contributed by atoms with Crippen LogP contribution in [-0.4, -0.2) is 20.5 Å². The zero-order valence-electron chi connectivity index (χ0n) is 13.5.